The predicted octanol–water partition coefficient (Wildman–Crippen LogP) is 1.27. The second kappa shape index (κ2) is 6.52. The van der Waals surface area contributed by atoms with Gasteiger partial charge in [0.2, 0.25) is 0 Å². The lowest BCUT2D eigenvalue weighted by molar-refractivity contribution is -0.135. The Morgan fingerprint density at radius 3 is 2.59 bits per heavy atom. The Balaban J connectivity index is 2.66. The monoisotopic (exact) mass is 236 g/mol. The quantitative estimate of drug-likeness (QED) is 0.575. The number of aliphatic carboxylic acids is 1. The zero-order chi connectivity index (χ0) is 12.7. The fourth-order valence-electron chi connectivity index (χ4n) is 1.19. The van der Waals surface area contributed by atoms with Crippen LogP contribution in [0.1, 0.15) is 18.9 Å². The molecule has 5 heteroatoms. The topological polar surface area (TPSA) is 84.9 Å². The van der Waals surface area contributed by atoms with E-state index in [4.69, 9.17) is 15.6 Å². The number of aliphatic imine (C=N–C) groups is 1. The molecule has 0 fully saturated rings. The van der Waals surface area contributed by atoms with Crippen LogP contribution in [0.3, 0.4) is 0 Å². The minimum Gasteiger partial charge on any atom is -0.494 e. The number of carboxylic acids is 1. The predicted molar refractivity (Wildman–Crippen MR) is 65.5 cm³/mol. The number of rotatable bonds is 6. The molecule has 92 valence electrons. The zero-order valence-corrected chi connectivity index (χ0v) is 9.72. The number of nitrogens with zero attached hydrogens (tertiary/aromatic N) is 1. The second-order valence-corrected chi connectivity index (χ2v) is 3.47. The molecule has 0 atom stereocenters. The van der Waals surface area contributed by atoms with Gasteiger partial charge in [-0.3, -0.25) is 9.79 Å². The Morgan fingerprint density at radius 2 is 2.06 bits per heavy atom. The van der Waals surface area contributed by atoms with Crippen LogP contribution >= 0.6 is 0 Å². The summed E-state index contributed by atoms with van der Waals surface area (Å²) in [5.41, 5.74) is 6.33. The number of benzene rings is 1. The number of nitrogens with two attached hydrogens (primary N) is 1. The van der Waals surface area contributed by atoms with Crippen LogP contribution in [0.4, 0.5) is 0 Å². The smallest absolute Gasteiger partial charge is 0.325 e. The van der Waals surface area contributed by atoms with Crippen LogP contribution in [0.2, 0.25) is 0 Å². The highest BCUT2D eigenvalue weighted by Gasteiger charge is 2.00. The van der Waals surface area contributed by atoms with Gasteiger partial charge in [0, 0.05) is 5.56 Å². The first-order valence-electron chi connectivity index (χ1n) is 5.38. The molecule has 5 nitrogen and oxygen atoms in total. The Morgan fingerprint density at radius 1 is 1.41 bits per heavy atom. The molecule has 1 rings (SSSR count). The molecule has 0 aliphatic heterocycles. The van der Waals surface area contributed by atoms with Crippen molar-refractivity contribution < 1.29 is 14.6 Å². The van der Waals surface area contributed by atoms with Gasteiger partial charge in [0.05, 0.1) is 6.61 Å². The molecule has 0 spiro atoms. The Hall–Kier alpha value is -2.04. The average Bonchev–Trinajstić information content (AvgIpc) is 2.34. The highest BCUT2D eigenvalue weighted by Crippen LogP contribution is 2.12. The van der Waals surface area contributed by atoms with Crippen LogP contribution in [0.25, 0.3) is 0 Å². The van der Waals surface area contributed by atoms with Gasteiger partial charge < -0.3 is 15.6 Å². The lowest BCUT2D eigenvalue weighted by Crippen LogP contribution is -2.15. The standard InChI is InChI=1S/C12H16N2O3/c1-2-7-17-10-5-3-9(4-6-10)12(13)14-8-11(15)16/h3-6H,2,7-8H2,1H3,(H2,13,14)(H,15,16). The summed E-state index contributed by atoms with van der Waals surface area (Å²) in [6.07, 6.45) is 0.948. The lowest BCUT2D eigenvalue weighted by atomic mass is 10.2. The minimum absolute atomic E-state index is 0.217. The van der Waals surface area contributed by atoms with Gasteiger partial charge in [-0.2, -0.15) is 0 Å². The van der Waals surface area contributed by atoms with Crippen LogP contribution in [-0.4, -0.2) is 30.1 Å². The summed E-state index contributed by atoms with van der Waals surface area (Å²) < 4.78 is 5.41. The van der Waals surface area contributed by atoms with E-state index >= 15 is 0 Å². The Labute approximate surface area is 99.9 Å². The van der Waals surface area contributed by atoms with Crippen molar-refractivity contribution in [3.05, 3.63) is 29.8 Å². The summed E-state index contributed by atoms with van der Waals surface area (Å²) in [6.45, 7) is 2.38. The van der Waals surface area contributed by atoms with Gasteiger partial charge in [-0.1, -0.05) is 6.92 Å². The third-order valence-electron chi connectivity index (χ3n) is 2.01. The van der Waals surface area contributed by atoms with Crippen LogP contribution in [0, 0.1) is 0 Å². The molecule has 0 unspecified atom stereocenters. The van der Waals surface area contributed by atoms with Crippen LogP contribution < -0.4 is 10.5 Å². The van der Waals surface area contributed by atoms with E-state index in [1.807, 2.05) is 6.92 Å². The van der Waals surface area contributed by atoms with E-state index in [2.05, 4.69) is 4.99 Å². The number of hydrogen-bond acceptors (Lipinski definition) is 3. The van der Waals surface area contributed by atoms with Gasteiger partial charge in [-0.05, 0) is 30.7 Å². The molecule has 0 amide bonds. The van der Waals surface area contributed by atoms with E-state index in [0.717, 1.165) is 12.2 Å². The van der Waals surface area contributed by atoms with Gasteiger partial charge >= 0.3 is 5.97 Å². The van der Waals surface area contributed by atoms with Crippen molar-refractivity contribution >= 4 is 11.8 Å². The molecule has 1 aromatic carbocycles. The minimum atomic E-state index is -1.00. The molecule has 0 saturated carbocycles. The van der Waals surface area contributed by atoms with Gasteiger partial charge in [0.25, 0.3) is 0 Å². The molecule has 0 aliphatic rings. The van der Waals surface area contributed by atoms with Crippen molar-refractivity contribution in [3.63, 3.8) is 0 Å². The molecule has 3 N–H and O–H groups in total. The van der Waals surface area contributed by atoms with E-state index < -0.39 is 5.97 Å². The van der Waals surface area contributed by atoms with E-state index in [0.29, 0.717) is 12.2 Å². The van der Waals surface area contributed by atoms with E-state index in [1.165, 1.54) is 0 Å². The molecule has 0 aromatic heterocycles. The first kappa shape index (κ1) is 13.0. The van der Waals surface area contributed by atoms with Crippen molar-refractivity contribution in [2.75, 3.05) is 13.2 Å². The molecular formula is C12H16N2O3. The molecule has 1 aromatic rings. The van der Waals surface area contributed by atoms with E-state index in [-0.39, 0.29) is 12.4 Å². The first-order chi connectivity index (χ1) is 8.13. The summed E-state index contributed by atoms with van der Waals surface area (Å²) in [5.74, 6) is -0.0214. The maximum absolute atomic E-state index is 10.3. The van der Waals surface area contributed by atoms with Crippen LogP contribution in [0.5, 0.6) is 5.75 Å². The maximum atomic E-state index is 10.3. The lowest BCUT2D eigenvalue weighted by Gasteiger charge is -2.05. The van der Waals surface area contributed by atoms with E-state index in [9.17, 15) is 4.79 Å². The van der Waals surface area contributed by atoms with Crippen molar-refractivity contribution in [2.45, 2.75) is 13.3 Å². The first-order valence-corrected chi connectivity index (χ1v) is 5.38. The highest BCUT2D eigenvalue weighted by molar-refractivity contribution is 5.98. The number of amidine groups is 1. The highest BCUT2D eigenvalue weighted by atomic mass is 16.5. The summed E-state index contributed by atoms with van der Waals surface area (Å²) in [6, 6.07) is 7.08. The fraction of sp³-hybridized carbons (Fsp3) is 0.333. The van der Waals surface area contributed by atoms with Crippen LogP contribution in [0.15, 0.2) is 29.3 Å². The zero-order valence-electron chi connectivity index (χ0n) is 9.72. The van der Waals surface area contributed by atoms with Gasteiger partial charge in [0.1, 0.15) is 18.1 Å². The average molecular weight is 236 g/mol. The van der Waals surface area contributed by atoms with Crippen LogP contribution in [-0.2, 0) is 4.79 Å². The third-order valence-corrected chi connectivity index (χ3v) is 2.01. The van der Waals surface area contributed by atoms with Gasteiger partial charge in [0.15, 0.2) is 0 Å². The van der Waals surface area contributed by atoms with Crippen molar-refractivity contribution in [1.29, 1.82) is 0 Å². The molecule has 0 bridgehead atoms. The fourth-order valence-corrected chi connectivity index (χ4v) is 1.19. The largest absolute Gasteiger partial charge is 0.494 e. The number of ether oxygens (including phenoxy) is 1. The molecular weight excluding hydrogens is 220 g/mol. The Bertz CT molecular complexity index is 399. The second-order valence-electron chi connectivity index (χ2n) is 3.47. The SMILES string of the molecule is CCCOc1ccc(C(N)=NCC(=O)O)cc1. The maximum Gasteiger partial charge on any atom is 0.325 e. The van der Waals surface area contributed by atoms with Gasteiger partial charge in [-0.15, -0.1) is 0 Å². The number of carboxylic acid groups (broad SMARTS) is 1. The summed E-state index contributed by atoms with van der Waals surface area (Å²) >= 11 is 0. The number of carbonyl (C=O) groups is 1. The summed E-state index contributed by atoms with van der Waals surface area (Å²) in [5, 5.41) is 8.47. The number of hydrogen-bond donors (Lipinski definition) is 2. The summed E-state index contributed by atoms with van der Waals surface area (Å²) in [7, 11) is 0. The van der Waals surface area contributed by atoms with E-state index in [1.54, 1.807) is 24.3 Å². The van der Waals surface area contributed by atoms with Crippen molar-refractivity contribution in [2.24, 2.45) is 10.7 Å². The van der Waals surface area contributed by atoms with Crippen molar-refractivity contribution in [1.82, 2.24) is 0 Å². The van der Waals surface area contributed by atoms with Crippen molar-refractivity contribution in [3.8, 4) is 5.75 Å². The Kier molecular flexibility index (Phi) is 5.00. The normalized spacial score (nSPS) is 11.2. The molecule has 0 saturated heterocycles. The molecule has 0 heterocycles. The molecule has 0 aliphatic carbocycles. The van der Waals surface area contributed by atoms with Gasteiger partial charge in [-0.25, -0.2) is 0 Å². The third kappa shape index (κ3) is 4.55. The molecule has 17 heavy (non-hydrogen) atoms. The molecule has 0 radical (unpaired) electrons. The summed E-state index contributed by atoms with van der Waals surface area (Å²) in [4.78, 5) is 14.1.